The number of primary amides is 2. The SMILES string of the molecule is [2H]C([2H])(C(C)C)[C@@H](C(=O)NCC(N)=O)N1CCCC1C(N)=O. The molecule has 1 fully saturated rings. The number of hydrogen-bond donors (Lipinski definition) is 3. The number of nitrogens with zero attached hydrogens (tertiary/aromatic N) is 1. The minimum absolute atomic E-state index is 0.376. The summed E-state index contributed by atoms with van der Waals surface area (Å²) in [6.45, 7) is 3.33. The monoisotopic (exact) mass is 286 g/mol. The summed E-state index contributed by atoms with van der Waals surface area (Å²) < 4.78 is 16.5. The van der Waals surface area contributed by atoms with Gasteiger partial charge in [0.25, 0.3) is 0 Å². The number of hydrogen-bond acceptors (Lipinski definition) is 4. The van der Waals surface area contributed by atoms with Crippen LogP contribution in [0.25, 0.3) is 0 Å². The number of nitrogens with two attached hydrogens (primary N) is 2. The molecule has 5 N–H and O–H groups in total. The normalized spacial score (nSPS) is 23.1. The standard InChI is InChI=1S/C13H24N4O3/c1-8(2)6-10(13(20)16-7-11(14)18)17-5-3-4-9(17)12(15)19/h8-10H,3-7H2,1-2H3,(H2,14,18)(H2,15,19)(H,16,20)/t9?,10-/m0/s1/i6D2. The Morgan fingerprint density at radius 3 is 2.55 bits per heavy atom. The van der Waals surface area contributed by atoms with E-state index in [0.717, 1.165) is 0 Å². The maximum absolute atomic E-state index is 12.4. The highest BCUT2D eigenvalue weighted by atomic mass is 16.2. The fraction of sp³-hybridized carbons (Fsp3) is 0.769. The second-order valence-corrected chi connectivity index (χ2v) is 5.21. The summed E-state index contributed by atoms with van der Waals surface area (Å²) in [7, 11) is 0. The topological polar surface area (TPSA) is 119 Å². The summed E-state index contributed by atoms with van der Waals surface area (Å²) in [5.41, 5.74) is 10.4. The number of carbonyl (C=O) groups is 3. The summed E-state index contributed by atoms with van der Waals surface area (Å²) >= 11 is 0. The number of likely N-dealkylation sites (tertiary alicyclic amines) is 1. The lowest BCUT2D eigenvalue weighted by molar-refractivity contribution is -0.132. The van der Waals surface area contributed by atoms with Crippen molar-refractivity contribution < 1.29 is 17.1 Å². The second-order valence-electron chi connectivity index (χ2n) is 5.21. The zero-order valence-corrected chi connectivity index (χ0v) is 11.9. The first-order valence-corrected chi connectivity index (χ1v) is 6.70. The zero-order chi connectivity index (χ0) is 17.1. The van der Waals surface area contributed by atoms with Gasteiger partial charge in [0.15, 0.2) is 0 Å². The summed E-state index contributed by atoms with van der Waals surface area (Å²) in [4.78, 5) is 36.3. The fourth-order valence-electron chi connectivity index (χ4n) is 2.31. The van der Waals surface area contributed by atoms with Crippen molar-refractivity contribution in [2.24, 2.45) is 17.4 Å². The van der Waals surface area contributed by atoms with E-state index in [1.807, 2.05) is 0 Å². The van der Waals surface area contributed by atoms with Gasteiger partial charge >= 0.3 is 0 Å². The molecule has 0 radical (unpaired) electrons. The van der Waals surface area contributed by atoms with Gasteiger partial charge in [0.2, 0.25) is 17.7 Å². The second kappa shape index (κ2) is 7.23. The van der Waals surface area contributed by atoms with E-state index in [1.165, 1.54) is 4.90 Å². The molecule has 2 atom stereocenters. The molecule has 0 saturated carbocycles. The predicted octanol–water partition coefficient (Wildman–Crippen LogP) is -1.05. The van der Waals surface area contributed by atoms with Gasteiger partial charge in [-0.25, -0.2) is 0 Å². The summed E-state index contributed by atoms with van der Waals surface area (Å²) in [6.07, 6.45) is -0.746. The first-order valence-electron chi connectivity index (χ1n) is 7.70. The Morgan fingerprint density at radius 2 is 2.05 bits per heavy atom. The molecule has 1 saturated heterocycles. The van der Waals surface area contributed by atoms with Crippen LogP contribution in [0, 0.1) is 5.92 Å². The van der Waals surface area contributed by atoms with Crippen molar-refractivity contribution in [3.63, 3.8) is 0 Å². The molecule has 1 heterocycles. The molecular weight excluding hydrogens is 260 g/mol. The molecule has 3 amide bonds. The van der Waals surface area contributed by atoms with Crippen LogP contribution in [0.2, 0.25) is 0 Å². The van der Waals surface area contributed by atoms with Gasteiger partial charge in [0.1, 0.15) is 0 Å². The lowest BCUT2D eigenvalue weighted by Gasteiger charge is -2.31. The first kappa shape index (κ1) is 13.4. The van der Waals surface area contributed by atoms with Gasteiger partial charge in [0, 0.05) is 2.74 Å². The van der Waals surface area contributed by atoms with E-state index >= 15 is 0 Å². The van der Waals surface area contributed by atoms with Crippen molar-refractivity contribution in [3.8, 4) is 0 Å². The minimum atomic E-state index is -1.89. The van der Waals surface area contributed by atoms with Crippen molar-refractivity contribution in [3.05, 3.63) is 0 Å². The highest BCUT2D eigenvalue weighted by molar-refractivity contribution is 5.88. The largest absolute Gasteiger partial charge is 0.368 e. The first-order chi connectivity index (χ1) is 10.1. The molecule has 114 valence electrons. The molecule has 0 bridgehead atoms. The van der Waals surface area contributed by atoms with Gasteiger partial charge < -0.3 is 16.8 Å². The van der Waals surface area contributed by atoms with Crippen LogP contribution in [0.5, 0.6) is 0 Å². The zero-order valence-electron chi connectivity index (χ0n) is 13.9. The maximum Gasteiger partial charge on any atom is 0.237 e. The molecule has 1 unspecified atom stereocenters. The van der Waals surface area contributed by atoms with E-state index in [9.17, 15) is 14.4 Å². The maximum atomic E-state index is 12.4. The molecule has 0 spiro atoms. The fourth-order valence-corrected chi connectivity index (χ4v) is 2.31. The highest BCUT2D eigenvalue weighted by Gasteiger charge is 2.37. The van der Waals surface area contributed by atoms with E-state index in [2.05, 4.69) is 5.32 Å². The van der Waals surface area contributed by atoms with Gasteiger partial charge in [-0.1, -0.05) is 13.8 Å². The van der Waals surface area contributed by atoms with Crippen molar-refractivity contribution in [1.82, 2.24) is 10.2 Å². The number of nitrogens with one attached hydrogen (secondary N) is 1. The molecule has 0 aliphatic carbocycles. The Labute approximate surface area is 121 Å². The van der Waals surface area contributed by atoms with E-state index in [4.69, 9.17) is 14.2 Å². The van der Waals surface area contributed by atoms with E-state index in [0.29, 0.717) is 19.4 Å². The third-order valence-corrected chi connectivity index (χ3v) is 3.13. The lowest BCUT2D eigenvalue weighted by atomic mass is 10.0. The van der Waals surface area contributed by atoms with Crippen molar-refractivity contribution in [2.45, 2.75) is 45.1 Å². The van der Waals surface area contributed by atoms with Gasteiger partial charge in [-0.2, -0.15) is 0 Å². The molecule has 1 aliphatic heterocycles. The van der Waals surface area contributed by atoms with Crippen LogP contribution in [0.15, 0.2) is 0 Å². The number of amides is 3. The van der Waals surface area contributed by atoms with E-state index < -0.39 is 42.1 Å². The Bertz CT molecular complexity index is 457. The third kappa shape index (κ3) is 4.48. The van der Waals surface area contributed by atoms with Crippen molar-refractivity contribution in [1.29, 1.82) is 0 Å². The molecular formula is C13H24N4O3. The Balaban J connectivity index is 3.08. The Hall–Kier alpha value is -1.63. The Morgan fingerprint density at radius 1 is 1.40 bits per heavy atom. The van der Waals surface area contributed by atoms with Crippen LogP contribution in [-0.2, 0) is 14.4 Å². The molecule has 1 rings (SSSR count). The summed E-state index contributed by atoms with van der Waals surface area (Å²) in [5.74, 6) is -2.42. The van der Waals surface area contributed by atoms with Crippen LogP contribution < -0.4 is 16.8 Å². The van der Waals surface area contributed by atoms with Gasteiger partial charge in [-0.3, -0.25) is 19.3 Å². The molecule has 0 aromatic heterocycles. The third-order valence-electron chi connectivity index (χ3n) is 3.13. The lowest BCUT2D eigenvalue weighted by Crippen LogP contribution is -2.53. The molecule has 20 heavy (non-hydrogen) atoms. The summed E-state index contributed by atoms with van der Waals surface area (Å²) in [5, 5.41) is 2.33. The molecule has 7 nitrogen and oxygen atoms in total. The average molecular weight is 286 g/mol. The van der Waals surface area contributed by atoms with Gasteiger partial charge in [0.05, 0.1) is 18.6 Å². The minimum Gasteiger partial charge on any atom is -0.368 e. The molecule has 1 aliphatic rings. The van der Waals surface area contributed by atoms with Crippen molar-refractivity contribution in [2.75, 3.05) is 13.1 Å². The molecule has 0 aromatic carbocycles. The van der Waals surface area contributed by atoms with Crippen LogP contribution >= 0.6 is 0 Å². The Kier molecular flexibility index (Phi) is 4.83. The smallest absolute Gasteiger partial charge is 0.237 e. The average Bonchev–Trinajstić information content (AvgIpc) is 2.85. The van der Waals surface area contributed by atoms with Crippen molar-refractivity contribution >= 4 is 17.7 Å². The molecule has 7 heteroatoms. The summed E-state index contributed by atoms with van der Waals surface area (Å²) in [6, 6.07) is -1.88. The predicted molar refractivity (Wildman–Crippen MR) is 74.4 cm³/mol. The number of carbonyl (C=O) groups excluding carboxylic acids is 3. The quantitative estimate of drug-likeness (QED) is 0.553. The van der Waals surface area contributed by atoms with Crippen LogP contribution in [0.1, 0.15) is 35.8 Å². The van der Waals surface area contributed by atoms with E-state index in [-0.39, 0.29) is 6.54 Å². The molecule has 0 aromatic rings. The highest BCUT2D eigenvalue weighted by Crippen LogP contribution is 2.23. The van der Waals surface area contributed by atoms with Gasteiger partial charge in [-0.15, -0.1) is 0 Å². The van der Waals surface area contributed by atoms with Crippen LogP contribution in [0.3, 0.4) is 0 Å². The van der Waals surface area contributed by atoms with E-state index in [1.54, 1.807) is 13.8 Å². The van der Waals surface area contributed by atoms with Gasteiger partial charge in [-0.05, 0) is 31.7 Å². The number of rotatable bonds is 7. The van der Waals surface area contributed by atoms with Crippen LogP contribution in [-0.4, -0.2) is 47.8 Å². The van der Waals surface area contributed by atoms with Crippen LogP contribution in [0.4, 0.5) is 0 Å².